The monoisotopic (exact) mass is 253 g/mol. The number of unbranched alkanes of at least 4 members (excludes halogenated alkanes) is 1. The summed E-state index contributed by atoms with van der Waals surface area (Å²) in [7, 11) is 0. The predicted molar refractivity (Wildman–Crippen MR) is 59.3 cm³/mol. The Bertz CT molecular complexity index is 436. The standard InChI is InChI=1S/C10H12BrN3/c1-2-3-4-8-5-6-10-12-9(11)7-14(10)13-8/h5-7H,2-4H2,1H3. The van der Waals surface area contributed by atoms with Crippen molar-refractivity contribution < 1.29 is 0 Å². The molecule has 0 aliphatic heterocycles. The number of nitrogens with zero attached hydrogens (tertiary/aromatic N) is 3. The van der Waals surface area contributed by atoms with Crippen molar-refractivity contribution in [2.75, 3.05) is 0 Å². The molecule has 2 rings (SSSR count). The van der Waals surface area contributed by atoms with Crippen molar-refractivity contribution in [3.05, 3.63) is 28.6 Å². The molecule has 0 fully saturated rings. The Labute approximate surface area is 91.3 Å². The highest BCUT2D eigenvalue weighted by molar-refractivity contribution is 9.10. The normalized spacial score (nSPS) is 11.0. The average Bonchev–Trinajstić information content (AvgIpc) is 2.54. The molecule has 2 heterocycles. The van der Waals surface area contributed by atoms with Gasteiger partial charge >= 0.3 is 0 Å². The Kier molecular flexibility index (Phi) is 2.82. The zero-order valence-electron chi connectivity index (χ0n) is 8.07. The first-order valence-electron chi connectivity index (χ1n) is 4.80. The maximum atomic E-state index is 4.46. The van der Waals surface area contributed by atoms with Crippen molar-refractivity contribution in [3.63, 3.8) is 0 Å². The third-order valence-electron chi connectivity index (χ3n) is 2.13. The van der Waals surface area contributed by atoms with Gasteiger partial charge in [0.2, 0.25) is 0 Å². The van der Waals surface area contributed by atoms with Gasteiger partial charge in [-0.1, -0.05) is 13.3 Å². The summed E-state index contributed by atoms with van der Waals surface area (Å²) >= 11 is 3.33. The first-order valence-corrected chi connectivity index (χ1v) is 5.59. The lowest BCUT2D eigenvalue weighted by molar-refractivity contribution is 0.748. The summed E-state index contributed by atoms with van der Waals surface area (Å²) in [6.45, 7) is 2.19. The SMILES string of the molecule is CCCCc1ccc2nc(Br)cn2n1. The molecule has 0 atom stereocenters. The quantitative estimate of drug-likeness (QED) is 0.843. The lowest BCUT2D eigenvalue weighted by Gasteiger charge is -1.98. The van der Waals surface area contributed by atoms with E-state index in [2.05, 4.69) is 32.9 Å². The molecule has 0 saturated carbocycles. The van der Waals surface area contributed by atoms with Crippen molar-refractivity contribution in [2.24, 2.45) is 0 Å². The minimum atomic E-state index is 0.831. The third-order valence-corrected chi connectivity index (χ3v) is 2.51. The van der Waals surface area contributed by atoms with Crippen LogP contribution in [0.4, 0.5) is 0 Å². The second-order valence-electron chi connectivity index (χ2n) is 3.29. The summed E-state index contributed by atoms with van der Waals surface area (Å²) in [5.41, 5.74) is 2.02. The molecule has 14 heavy (non-hydrogen) atoms. The van der Waals surface area contributed by atoms with Gasteiger partial charge in [-0.3, -0.25) is 0 Å². The van der Waals surface area contributed by atoms with E-state index in [0.717, 1.165) is 22.4 Å². The number of hydrogen-bond acceptors (Lipinski definition) is 2. The summed E-state index contributed by atoms with van der Waals surface area (Å²) in [6, 6.07) is 4.05. The molecular weight excluding hydrogens is 242 g/mol. The van der Waals surface area contributed by atoms with Gasteiger partial charge in [0.25, 0.3) is 0 Å². The number of rotatable bonds is 3. The minimum absolute atomic E-state index is 0.831. The Morgan fingerprint density at radius 2 is 2.29 bits per heavy atom. The van der Waals surface area contributed by atoms with E-state index in [9.17, 15) is 0 Å². The Balaban J connectivity index is 2.31. The van der Waals surface area contributed by atoms with Crippen LogP contribution in [-0.4, -0.2) is 14.6 Å². The topological polar surface area (TPSA) is 30.2 Å². The van der Waals surface area contributed by atoms with E-state index in [1.54, 1.807) is 0 Å². The largest absolute Gasteiger partial charge is 0.220 e. The van der Waals surface area contributed by atoms with Crippen molar-refractivity contribution >= 4 is 21.6 Å². The number of aryl methyl sites for hydroxylation is 1. The van der Waals surface area contributed by atoms with Gasteiger partial charge in [-0.2, -0.15) is 5.10 Å². The molecule has 74 valence electrons. The van der Waals surface area contributed by atoms with Crippen molar-refractivity contribution in [3.8, 4) is 0 Å². The van der Waals surface area contributed by atoms with Crippen LogP contribution in [0.5, 0.6) is 0 Å². The minimum Gasteiger partial charge on any atom is -0.220 e. The van der Waals surface area contributed by atoms with Gasteiger partial charge in [0, 0.05) is 0 Å². The summed E-state index contributed by atoms with van der Waals surface area (Å²) in [5, 5.41) is 4.46. The molecule has 0 radical (unpaired) electrons. The number of hydrogen-bond donors (Lipinski definition) is 0. The Morgan fingerprint density at radius 3 is 3.07 bits per heavy atom. The molecule has 0 spiro atoms. The molecule has 0 unspecified atom stereocenters. The molecule has 2 aromatic heterocycles. The first kappa shape index (κ1) is 9.65. The number of imidazole rings is 1. The van der Waals surface area contributed by atoms with Crippen LogP contribution < -0.4 is 0 Å². The molecule has 0 bridgehead atoms. The predicted octanol–water partition coefficient (Wildman–Crippen LogP) is 2.83. The maximum Gasteiger partial charge on any atom is 0.154 e. The van der Waals surface area contributed by atoms with Crippen LogP contribution in [0, 0.1) is 0 Å². The molecule has 4 heteroatoms. The Morgan fingerprint density at radius 1 is 1.43 bits per heavy atom. The highest BCUT2D eigenvalue weighted by atomic mass is 79.9. The van der Waals surface area contributed by atoms with E-state index in [-0.39, 0.29) is 0 Å². The fourth-order valence-electron chi connectivity index (χ4n) is 1.38. The molecule has 0 amide bonds. The number of aromatic nitrogens is 3. The molecule has 0 aliphatic rings. The van der Waals surface area contributed by atoms with Gasteiger partial charge < -0.3 is 0 Å². The second kappa shape index (κ2) is 4.09. The van der Waals surface area contributed by atoms with Crippen molar-refractivity contribution in [1.82, 2.24) is 14.6 Å². The molecule has 0 saturated heterocycles. The van der Waals surface area contributed by atoms with Gasteiger partial charge in [0.15, 0.2) is 5.65 Å². The van der Waals surface area contributed by atoms with Gasteiger partial charge in [0.1, 0.15) is 4.60 Å². The lowest BCUT2D eigenvalue weighted by atomic mass is 10.2. The van der Waals surface area contributed by atoms with Crippen LogP contribution in [0.1, 0.15) is 25.5 Å². The lowest BCUT2D eigenvalue weighted by Crippen LogP contribution is -1.96. The summed E-state index contributed by atoms with van der Waals surface area (Å²) < 4.78 is 2.65. The van der Waals surface area contributed by atoms with Crippen LogP contribution in [0.15, 0.2) is 22.9 Å². The van der Waals surface area contributed by atoms with E-state index >= 15 is 0 Å². The van der Waals surface area contributed by atoms with Crippen LogP contribution in [-0.2, 0) is 6.42 Å². The molecule has 2 aromatic rings. The molecule has 0 aromatic carbocycles. The third kappa shape index (κ3) is 1.95. The van der Waals surface area contributed by atoms with Gasteiger partial charge in [-0.25, -0.2) is 9.50 Å². The molecule has 3 nitrogen and oxygen atoms in total. The van der Waals surface area contributed by atoms with Crippen molar-refractivity contribution in [1.29, 1.82) is 0 Å². The van der Waals surface area contributed by atoms with Crippen LogP contribution in [0.25, 0.3) is 5.65 Å². The van der Waals surface area contributed by atoms with Gasteiger partial charge in [0.05, 0.1) is 11.9 Å². The van der Waals surface area contributed by atoms with Crippen LogP contribution >= 0.6 is 15.9 Å². The summed E-state index contributed by atoms with van der Waals surface area (Å²) in [5.74, 6) is 0. The second-order valence-corrected chi connectivity index (χ2v) is 4.11. The fourth-order valence-corrected chi connectivity index (χ4v) is 1.76. The molecule has 0 N–H and O–H groups in total. The van der Waals surface area contributed by atoms with Crippen LogP contribution in [0.2, 0.25) is 0 Å². The van der Waals surface area contributed by atoms with Gasteiger partial charge in [-0.05, 0) is 40.9 Å². The average molecular weight is 254 g/mol. The van der Waals surface area contributed by atoms with E-state index in [1.165, 1.54) is 12.8 Å². The smallest absolute Gasteiger partial charge is 0.154 e. The number of halogens is 1. The fraction of sp³-hybridized carbons (Fsp3) is 0.400. The van der Waals surface area contributed by atoms with Gasteiger partial charge in [-0.15, -0.1) is 0 Å². The molecule has 0 aliphatic carbocycles. The van der Waals surface area contributed by atoms with Crippen molar-refractivity contribution in [2.45, 2.75) is 26.2 Å². The maximum absolute atomic E-state index is 4.46. The van der Waals surface area contributed by atoms with E-state index in [1.807, 2.05) is 22.8 Å². The number of fused-ring (bicyclic) bond motifs is 1. The Hall–Kier alpha value is -0.900. The van der Waals surface area contributed by atoms with E-state index < -0.39 is 0 Å². The molecular formula is C10H12BrN3. The van der Waals surface area contributed by atoms with Crippen LogP contribution in [0.3, 0.4) is 0 Å². The first-order chi connectivity index (χ1) is 6.79. The van der Waals surface area contributed by atoms with E-state index in [4.69, 9.17) is 0 Å². The zero-order valence-corrected chi connectivity index (χ0v) is 9.66. The summed E-state index contributed by atoms with van der Waals surface area (Å²) in [6.07, 6.45) is 5.31. The van der Waals surface area contributed by atoms with E-state index in [0.29, 0.717) is 0 Å². The highest BCUT2D eigenvalue weighted by Gasteiger charge is 2.00. The summed E-state index contributed by atoms with van der Waals surface area (Å²) in [4.78, 5) is 4.25. The highest BCUT2D eigenvalue weighted by Crippen LogP contribution is 2.10. The zero-order chi connectivity index (χ0) is 9.97.